The van der Waals surface area contributed by atoms with E-state index in [-0.39, 0.29) is 0 Å². The first-order chi connectivity index (χ1) is 8.63. The van der Waals surface area contributed by atoms with Crippen LogP contribution in [-0.2, 0) is 0 Å². The molecule has 4 nitrogen and oxygen atoms in total. The van der Waals surface area contributed by atoms with Gasteiger partial charge in [-0.15, -0.1) is 0 Å². The Morgan fingerprint density at radius 3 is 2.56 bits per heavy atom. The second kappa shape index (κ2) is 5.31. The van der Waals surface area contributed by atoms with Gasteiger partial charge in [0, 0.05) is 17.9 Å². The lowest BCUT2D eigenvalue weighted by atomic mass is 10.1. The van der Waals surface area contributed by atoms with E-state index in [4.69, 9.17) is 0 Å². The van der Waals surface area contributed by atoms with E-state index in [1.807, 2.05) is 30.1 Å². The first kappa shape index (κ1) is 12.8. The number of aryl methyl sites for hydroxylation is 1. The largest absolute Gasteiger partial charge is 0.310 e. The number of aromatic nitrogens is 3. The highest BCUT2D eigenvalue weighted by atomic mass is 15.1. The summed E-state index contributed by atoms with van der Waals surface area (Å²) in [6.07, 6.45) is 3.75. The number of hydrogen-bond donors (Lipinski definition) is 1. The molecule has 0 aromatic carbocycles. The third-order valence-corrected chi connectivity index (χ3v) is 3.28. The Labute approximate surface area is 108 Å². The minimum atomic E-state index is 0.335. The lowest BCUT2D eigenvalue weighted by Crippen LogP contribution is -2.17. The lowest BCUT2D eigenvalue weighted by molar-refractivity contribution is 0.596. The molecule has 0 fully saturated rings. The summed E-state index contributed by atoms with van der Waals surface area (Å²) < 4.78 is 2.01. The Bertz CT molecular complexity index is 513. The number of imidazole rings is 1. The normalized spacial score (nSPS) is 12.7. The minimum Gasteiger partial charge on any atom is -0.310 e. The van der Waals surface area contributed by atoms with Crippen molar-refractivity contribution in [3.05, 3.63) is 41.6 Å². The highest BCUT2D eigenvalue weighted by molar-refractivity contribution is 5.30. The van der Waals surface area contributed by atoms with Gasteiger partial charge in [0.25, 0.3) is 0 Å². The summed E-state index contributed by atoms with van der Waals surface area (Å²) in [7, 11) is 0. The third kappa shape index (κ3) is 2.43. The van der Waals surface area contributed by atoms with Crippen LogP contribution in [0.2, 0.25) is 0 Å². The van der Waals surface area contributed by atoms with Gasteiger partial charge in [0.05, 0.1) is 5.69 Å². The fourth-order valence-electron chi connectivity index (χ4n) is 1.95. The van der Waals surface area contributed by atoms with Crippen molar-refractivity contribution in [1.82, 2.24) is 19.9 Å². The van der Waals surface area contributed by atoms with Crippen molar-refractivity contribution in [2.24, 2.45) is 0 Å². The molecule has 1 N–H and O–H groups in total. The maximum atomic E-state index is 4.51. The molecular weight excluding hydrogens is 224 g/mol. The van der Waals surface area contributed by atoms with E-state index in [2.05, 4.69) is 42.1 Å². The predicted octanol–water partition coefficient (Wildman–Crippen LogP) is 2.55. The number of hydrogen-bond acceptors (Lipinski definition) is 3. The summed E-state index contributed by atoms with van der Waals surface area (Å²) in [5, 5.41) is 3.38. The Morgan fingerprint density at radius 2 is 2.06 bits per heavy atom. The third-order valence-electron chi connectivity index (χ3n) is 3.28. The average Bonchev–Trinajstić information content (AvgIpc) is 2.71. The topological polar surface area (TPSA) is 42.7 Å². The maximum absolute atomic E-state index is 4.51. The van der Waals surface area contributed by atoms with Gasteiger partial charge in [0.1, 0.15) is 12.1 Å². The van der Waals surface area contributed by atoms with Crippen LogP contribution in [0.3, 0.4) is 0 Å². The number of pyridine rings is 1. The van der Waals surface area contributed by atoms with Crippen LogP contribution in [0.25, 0.3) is 5.82 Å². The molecule has 0 spiro atoms. The van der Waals surface area contributed by atoms with Crippen LogP contribution in [0.15, 0.2) is 24.7 Å². The first-order valence-electron chi connectivity index (χ1n) is 6.33. The van der Waals surface area contributed by atoms with Crippen LogP contribution < -0.4 is 5.32 Å². The minimum absolute atomic E-state index is 0.335. The molecule has 1 atom stereocenters. The molecule has 0 aliphatic carbocycles. The van der Waals surface area contributed by atoms with Crippen LogP contribution >= 0.6 is 0 Å². The summed E-state index contributed by atoms with van der Waals surface area (Å²) >= 11 is 0. The van der Waals surface area contributed by atoms with Crippen molar-refractivity contribution in [3.8, 4) is 5.82 Å². The number of nitrogens with one attached hydrogen (secondary N) is 1. The molecule has 0 bridgehead atoms. The number of nitrogens with zero attached hydrogens (tertiary/aromatic N) is 3. The molecule has 0 saturated heterocycles. The number of rotatable bonds is 4. The van der Waals surface area contributed by atoms with Gasteiger partial charge in [-0.3, -0.25) is 4.57 Å². The Hall–Kier alpha value is -1.68. The second-order valence-corrected chi connectivity index (χ2v) is 4.51. The SMILES string of the molecule is CCNC(C)c1ccc(-n2cnc(C)c2C)nc1. The van der Waals surface area contributed by atoms with Crippen molar-refractivity contribution in [1.29, 1.82) is 0 Å². The standard InChI is InChI=1S/C14H20N4/c1-5-15-11(3)13-6-7-14(16-8-13)18-9-17-10(2)12(18)4/h6-9,11,15H,5H2,1-4H3. The maximum Gasteiger partial charge on any atom is 0.138 e. The van der Waals surface area contributed by atoms with Crippen LogP contribution in [0.5, 0.6) is 0 Å². The zero-order valence-electron chi connectivity index (χ0n) is 11.4. The molecule has 0 aliphatic rings. The highest BCUT2D eigenvalue weighted by Gasteiger charge is 2.07. The van der Waals surface area contributed by atoms with Crippen molar-refractivity contribution in [3.63, 3.8) is 0 Å². The summed E-state index contributed by atoms with van der Waals surface area (Å²) in [4.78, 5) is 8.80. The fourth-order valence-corrected chi connectivity index (χ4v) is 1.95. The van der Waals surface area contributed by atoms with Crippen LogP contribution in [0.4, 0.5) is 0 Å². The Balaban J connectivity index is 2.25. The van der Waals surface area contributed by atoms with Gasteiger partial charge in [-0.2, -0.15) is 0 Å². The molecule has 2 rings (SSSR count). The molecule has 0 radical (unpaired) electrons. The lowest BCUT2D eigenvalue weighted by Gasteiger charge is -2.13. The van der Waals surface area contributed by atoms with Gasteiger partial charge in [-0.05, 0) is 38.9 Å². The average molecular weight is 244 g/mol. The molecule has 2 heterocycles. The van der Waals surface area contributed by atoms with Gasteiger partial charge < -0.3 is 5.32 Å². The molecule has 2 aromatic rings. The van der Waals surface area contributed by atoms with Gasteiger partial charge in [0.15, 0.2) is 0 Å². The van der Waals surface area contributed by atoms with Crippen LogP contribution in [0.1, 0.15) is 36.8 Å². The van der Waals surface area contributed by atoms with Gasteiger partial charge in [-0.1, -0.05) is 13.0 Å². The van der Waals surface area contributed by atoms with Gasteiger partial charge in [-0.25, -0.2) is 9.97 Å². The summed E-state index contributed by atoms with van der Waals surface area (Å²) in [6.45, 7) is 9.28. The zero-order valence-corrected chi connectivity index (χ0v) is 11.4. The highest BCUT2D eigenvalue weighted by Crippen LogP contribution is 2.15. The quantitative estimate of drug-likeness (QED) is 0.898. The molecule has 0 saturated carbocycles. The van der Waals surface area contributed by atoms with E-state index in [9.17, 15) is 0 Å². The first-order valence-corrected chi connectivity index (χ1v) is 6.33. The Kier molecular flexibility index (Phi) is 3.77. The van der Waals surface area contributed by atoms with Gasteiger partial charge >= 0.3 is 0 Å². The van der Waals surface area contributed by atoms with Crippen molar-refractivity contribution >= 4 is 0 Å². The van der Waals surface area contributed by atoms with Gasteiger partial charge in [0.2, 0.25) is 0 Å². The van der Waals surface area contributed by atoms with E-state index in [0.29, 0.717) is 6.04 Å². The van der Waals surface area contributed by atoms with Crippen molar-refractivity contribution in [2.75, 3.05) is 6.54 Å². The van der Waals surface area contributed by atoms with E-state index < -0.39 is 0 Å². The smallest absolute Gasteiger partial charge is 0.138 e. The predicted molar refractivity (Wildman–Crippen MR) is 72.9 cm³/mol. The summed E-state index contributed by atoms with van der Waals surface area (Å²) in [6, 6.07) is 4.49. The molecule has 0 amide bonds. The molecule has 2 aromatic heterocycles. The molecule has 96 valence electrons. The second-order valence-electron chi connectivity index (χ2n) is 4.51. The van der Waals surface area contributed by atoms with E-state index in [1.165, 1.54) is 5.56 Å². The summed E-state index contributed by atoms with van der Waals surface area (Å²) in [5.74, 6) is 0.917. The molecule has 1 unspecified atom stereocenters. The van der Waals surface area contributed by atoms with Crippen molar-refractivity contribution in [2.45, 2.75) is 33.7 Å². The fraction of sp³-hybridized carbons (Fsp3) is 0.429. The van der Waals surface area contributed by atoms with Crippen LogP contribution in [-0.4, -0.2) is 21.1 Å². The van der Waals surface area contributed by atoms with E-state index >= 15 is 0 Å². The Morgan fingerprint density at radius 1 is 1.28 bits per heavy atom. The van der Waals surface area contributed by atoms with E-state index in [1.54, 1.807) is 0 Å². The van der Waals surface area contributed by atoms with Crippen molar-refractivity contribution < 1.29 is 0 Å². The molecule has 0 aliphatic heterocycles. The zero-order chi connectivity index (χ0) is 13.1. The molecular formula is C14H20N4. The van der Waals surface area contributed by atoms with Crippen LogP contribution in [0, 0.1) is 13.8 Å². The molecule has 18 heavy (non-hydrogen) atoms. The monoisotopic (exact) mass is 244 g/mol. The van der Waals surface area contributed by atoms with E-state index in [0.717, 1.165) is 23.8 Å². The molecule has 4 heteroatoms. The summed E-state index contributed by atoms with van der Waals surface area (Å²) in [5.41, 5.74) is 3.38.